The molecule has 0 N–H and O–H groups in total. The van der Waals surface area contributed by atoms with Crippen molar-refractivity contribution in [2.45, 2.75) is 6.92 Å². The van der Waals surface area contributed by atoms with E-state index in [1.54, 1.807) is 0 Å². The molecule has 0 saturated heterocycles. The number of carboxylic acids is 1. The van der Waals surface area contributed by atoms with E-state index in [4.69, 9.17) is 13.7 Å². The Kier molecular flexibility index (Phi) is 35.4. The molecule has 5 heteroatoms. The Morgan fingerprint density at radius 2 is 1.57 bits per heavy atom. The van der Waals surface area contributed by atoms with Crippen molar-refractivity contribution < 1.29 is 43.3 Å². The number of hydrogen-bond donors (Lipinski definition) is 0. The third kappa shape index (κ3) is 244. The van der Waals surface area contributed by atoms with Gasteiger partial charge in [-0.15, -0.1) is 0 Å². The second-order valence-electron chi connectivity index (χ2n) is 0.492. The van der Waals surface area contributed by atoms with Gasteiger partial charge in [-0.05, 0) is 6.92 Å². The zero-order valence-electron chi connectivity index (χ0n) is 4.43. The van der Waals surface area contributed by atoms with Crippen molar-refractivity contribution in [1.82, 2.24) is 0 Å². The van der Waals surface area contributed by atoms with Gasteiger partial charge in [0.25, 0.3) is 0 Å². The van der Waals surface area contributed by atoms with Crippen molar-refractivity contribution in [3.63, 3.8) is 0 Å². The molecule has 0 bridgehead atoms. The summed E-state index contributed by atoms with van der Waals surface area (Å²) >= 11 is 0.611. The van der Waals surface area contributed by atoms with Gasteiger partial charge in [0.05, 0.1) is 0 Å². The molecule has 0 rings (SSSR count). The quantitative estimate of drug-likeness (QED) is 0.305. The molecule has 0 spiro atoms. The Balaban J connectivity index is -0.0000000480. The molecule has 0 aromatic rings. The van der Waals surface area contributed by atoms with Gasteiger partial charge in [0, 0.05) is 5.97 Å². The van der Waals surface area contributed by atoms with Gasteiger partial charge in [-0.25, -0.2) is 0 Å². The van der Waals surface area contributed by atoms with Crippen LogP contribution in [0.2, 0.25) is 0 Å². The van der Waals surface area contributed by atoms with E-state index in [9.17, 15) is 0 Å². The third-order valence-electron chi connectivity index (χ3n) is 0. The molecule has 0 aliphatic carbocycles. The van der Waals surface area contributed by atoms with Crippen molar-refractivity contribution in [1.29, 1.82) is 0 Å². The van der Waals surface area contributed by atoms with Gasteiger partial charge >= 0.3 is 49.6 Å². The van der Waals surface area contributed by atoms with Crippen LogP contribution in [0.15, 0.2) is 0 Å². The van der Waals surface area contributed by atoms with E-state index in [1.807, 2.05) is 0 Å². The predicted octanol–water partition coefficient (Wildman–Crippen LogP) is -5.01. The number of carboxylic acid groups (broad SMARTS) is 1. The normalized spacial score (nSPS) is 4.00. The van der Waals surface area contributed by atoms with Gasteiger partial charge in [0.15, 0.2) is 0 Å². The van der Waals surface area contributed by atoms with E-state index in [-0.39, 0.29) is 29.6 Å². The van der Waals surface area contributed by atoms with Crippen LogP contribution in [0, 0.1) is 0 Å². The molecule has 0 aliphatic heterocycles. The zero-order valence-corrected chi connectivity index (χ0v) is 7.85. The molecular weight excluding hydrogens is 122 g/mol. The molecule has 0 aromatic heterocycles. The maximum absolute atomic E-state index is 8.89. The molecule has 0 radical (unpaired) electrons. The predicted molar refractivity (Wildman–Crippen MR) is 18.5 cm³/mol. The second-order valence-corrected chi connectivity index (χ2v) is 0.492. The summed E-state index contributed by atoms with van der Waals surface area (Å²) in [6.07, 6.45) is 0. The first-order valence-electron chi connectivity index (χ1n) is 1.20. The van der Waals surface area contributed by atoms with Gasteiger partial charge in [0.2, 0.25) is 0 Å². The van der Waals surface area contributed by atoms with E-state index in [0.29, 0.717) is 16.2 Å². The topological polar surface area (TPSA) is 57.2 Å². The van der Waals surface area contributed by atoms with E-state index < -0.39 is 5.97 Å². The molecule has 3 nitrogen and oxygen atoms in total. The van der Waals surface area contributed by atoms with Crippen molar-refractivity contribution in [3.05, 3.63) is 0 Å². The number of carbonyl (C=O) groups excluding carboxylic acids is 1. The summed E-state index contributed by atoms with van der Waals surface area (Å²) in [6.45, 7) is 0.972. The van der Waals surface area contributed by atoms with E-state index in [1.165, 1.54) is 0 Å². The molecule has 0 aliphatic rings. The van der Waals surface area contributed by atoms with E-state index >= 15 is 0 Å². The van der Waals surface area contributed by atoms with Gasteiger partial charge in [0.1, 0.15) is 0 Å². The van der Waals surface area contributed by atoms with Crippen LogP contribution in [0.4, 0.5) is 0 Å². The average Bonchev–Trinajstić information content (AvgIpc) is 1.41. The third-order valence-corrected chi connectivity index (χ3v) is 0. The molecule has 0 heterocycles. The van der Waals surface area contributed by atoms with Crippen LogP contribution >= 0.6 is 0 Å². The Labute approximate surface area is 72.0 Å². The SMILES string of the molecule is CC(=O)[O-].[Na+].[O]=[AlH]. The van der Waals surface area contributed by atoms with Crippen molar-refractivity contribution in [2.24, 2.45) is 0 Å². The van der Waals surface area contributed by atoms with Gasteiger partial charge in [-0.1, -0.05) is 0 Å². The number of rotatable bonds is 0. The number of aliphatic carboxylic acids is 1. The molecule has 0 saturated carbocycles. The Morgan fingerprint density at radius 1 is 1.57 bits per heavy atom. The van der Waals surface area contributed by atoms with Crippen LogP contribution in [-0.4, -0.2) is 22.2 Å². The van der Waals surface area contributed by atoms with Crippen LogP contribution in [0.3, 0.4) is 0 Å². The molecule has 0 atom stereocenters. The average molecular weight is 126 g/mol. The van der Waals surface area contributed by atoms with Crippen molar-refractivity contribution in [2.75, 3.05) is 0 Å². The minimum atomic E-state index is -1.08. The fourth-order valence-corrected chi connectivity index (χ4v) is 0. The molecule has 34 valence electrons. The first-order valence-corrected chi connectivity index (χ1v) is 1.77. The van der Waals surface area contributed by atoms with Gasteiger partial charge < -0.3 is 9.90 Å². The fraction of sp³-hybridized carbons (Fsp3) is 0.500. The summed E-state index contributed by atoms with van der Waals surface area (Å²) in [4.78, 5) is 8.89. The van der Waals surface area contributed by atoms with Crippen LogP contribution in [-0.2, 0) is 8.60 Å². The summed E-state index contributed by atoms with van der Waals surface area (Å²) in [5.74, 6) is -1.08. The molecule has 0 amide bonds. The van der Waals surface area contributed by atoms with E-state index in [0.717, 1.165) is 6.92 Å². The molecule has 0 fully saturated rings. The fourth-order valence-electron chi connectivity index (χ4n) is 0. The maximum atomic E-state index is 8.89. The Morgan fingerprint density at radius 3 is 1.57 bits per heavy atom. The summed E-state index contributed by atoms with van der Waals surface area (Å²) in [5.41, 5.74) is 0. The summed E-state index contributed by atoms with van der Waals surface area (Å²) in [6, 6.07) is 0. The Hall–Kier alpha value is 0.802. The molecule has 0 unspecified atom stereocenters. The van der Waals surface area contributed by atoms with Gasteiger partial charge in [-0.3, -0.25) is 0 Å². The zero-order chi connectivity index (χ0) is 5.58. The van der Waals surface area contributed by atoms with E-state index in [2.05, 4.69) is 0 Å². The minimum absolute atomic E-state index is 0. The first kappa shape index (κ1) is 15.7. The summed E-state index contributed by atoms with van der Waals surface area (Å²) in [5, 5.41) is 8.89. The summed E-state index contributed by atoms with van der Waals surface area (Å²) < 4.78 is 8.28. The second kappa shape index (κ2) is 15.8. The monoisotopic (exact) mass is 126 g/mol. The van der Waals surface area contributed by atoms with Crippen LogP contribution in [0.1, 0.15) is 6.92 Å². The van der Waals surface area contributed by atoms with Crippen molar-refractivity contribution >= 4 is 22.2 Å². The molecule has 7 heavy (non-hydrogen) atoms. The number of hydrogen-bond acceptors (Lipinski definition) is 3. The molecular formula is C2H4AlNaO3. The Bertz CT molecular complexity index is 44.2. The number of carbonyl (C=O) groups is 1. The molecule has 0 aromatic carbocycles. The first-order chi connectivity index (χ1) is 2.73. The van der Waals surface area contributed by atoms with Crippen LogP contribution in [0.25, 0.3) is 0 Å². The van der Waals surface area contributed by atoms with Crippen molar-refractivity contribution in [3.8, 4) is 0 Å². The van der Waals surface area contributed by atoms with Crippen LogP contribution < -0.4 is 34.7 Å². The summed E-state index contributed by atoms with van der Waals surface area (Å²) in [7, 11) is 0. The standard InChI is InChI=1S/C2H4O2.Al.Na.O.H/c1-2(3)4;;;;/h1H3,(H,3,4);;;;/q;;+1;;/p-1. The van der Waals surface area contributed by atoms with Crippen LogP contribution in [0.5, 0.6) is 0 Å². The van der Waals surface area contributed by atoms with Gasteiger partial charge in [-0.2, -0.15) is 0 Å².